The van der Waals surface area contributed by atoms with Gasteiger partial charge in [0, 0.05) is 0 Å². The summed E-state index contributed by atoms with van der Waals surface area (Å²) >= 11 is 0. The van der Waals surface area contributed by atoms with E-state index in [9.17, 15) is 48.7 Å². The highest BCUT2D eigenvalue weighted by Gasteiger charge is 2.73. The van der Waals surface area contributed by atoms with Crippen LogP contribution in [0.4, 0.5) is 43.9 Å². The van der Waals surface area contributed by atoms with E-state index in [4.69, 9.17) is 0 Å². The first-order chi connectivity index (χ1) is 10.6. The molecule has 1 rings (SSSR count). The molecule has 0 saturated carbocycles. The van der Waals surface area contributed by atoms with Crippen LogP contribution in [0.1, 0.15) is 15.9 Å². The van der Waals surface area contributed by atoms with Crippen LogP contribution in [-0.4, -0.2) is 30.6 Å². The molecule has 0 atom stereocenters. The van der Waals surface area contributed by atoms with Gasteiger partial charge in [0.25, 0.3) is 0 Å². The monoisotopic (exact) mass is 372 g/mol. The van der Waals surface area contributed by atoms with Crippen LogP contribution in [0.3, 0.4) is 0 Å². The Balaban J connectivity index is 2.82. The van der Waals surface area contributed by atoms with Gasteiger partial charge < -0.3 is 4.74 Å². The average Bonchev–Trinajstić information content (AvgIpc) is 2.42. The topological polar surface area (TPSA) is 26.3 Å². The molecule has 0 unspecified atom stereocenters. The van der Waals surface area contributed by atoms with Crippen molar-refractivity contribution in [2.45, 2.75) is 24.2 Å². The highest BCUT2D eigenvalue weighted by atomic mass is 19.4. The summed E-state index contributed by atoms with van der Waals surface area (Å²) in [5.41, 5.74) is -1.94. The minimum Gasteiger partial charge on any atom is -0.455 e. The van der Waals surface area contributed by atoms with E-state index in [1.165, 1.54) is 0 Å². The number of rotatable bonds is 4. The zero-order chi connectivity index (χ0) is 19.0. The minimum absolute atomic E-state index is 0.374. The van der Waals surface area contributed by atoms with Gasteiger partial charge in [0.15, 0.2) is 6.61 Å². The minimum atomic E-state index is -6.59. The SMILES string of the molecule is O=C(OCC(F)(F)C(F)(F)C(F)(F)F)c1ccc(C(F)(F)F)cc1. The normalized spacial score (nSPS) is 13.8. The molecule has 0 amide bonds. The van der Waals surface area contributed by atoms with E-state index in [1.54, 1.807) is 0 Å². The molecule has 0 bridgehead atoms. The molecule has 2 nitrogen and oxygen atoms in total. The van der Waals surface area contributed by atoms with Crippen molar-refractivity contribution < 1.29 is 53.4 Å². The number of hydrogen-bond acceptors (Lipinski definition) is 2. The first-order valence-corrected chi connectivity index (χ1v) is 5.76. The fourth-order valence-corrected chi connectivity index (χ4v) is 1.33. The lowest BCUT2D eigenvalue weighted by molar-refractivity contribution is -0.359. The van der Waals surface area contributed by atoms with Gasteiger partial charge in [0.2, 0.25) is 0 Å². The van der Waals surface area contributed by atoms with Crippen LogP contribution in [0.25, 0.3) is 0 Å². The van der Waals surface area contributed by atoms with Crippen molar-refractivity contribution in [1.82, 2.24) is 0 Å². The Morgan fingerprint density at radius 1 is 0.833 bits per heavy atom. The Bertz CT molecular complexity index is 585. The number of carbonyl (C=O) groups excluding carboxylic acids is 1. The molecule has 0 heterocycles. The van der Waals surface area contributed by atoms with Gasteiger partial charge in [0.05, 0.1) is 11.1 Å². The van der Waals surface area contributed by atoms with Crippen LogP contribution in [0.2, 0.25) is 0 Å². The second-order valence-corrected chi connectivity index (χ2v) is 4.43. The molecule has 0 radical (unpaired) electrons. The number of benzene rings is 1. The summed E-state index contributed by atoms with van der Waals surface area (Å²) in [5, 5.41) is 0. The Kier molecular flexibility index (Phi) is 5.12. The molecule has 24 heavy (non-hydrogen) atoms. The van der Waals surface area contributed by atoms with Gasteiger partial charge in [-0.15, -0.1) is 0 Å². The Morgan fingerprint density at radius 3 is 1.67 bits per heavy atom. The molecule has 136 valence electrons. The maximum atomic E-state index is 12.9. The van der Waals surface area contributed by atoms with E-state index in [-0.39, 0.29) is 0 Å². The summed E-state index contributed by atoms with van der Waals surface area (Å²) in [5.74, 6) is -14.0. The number of alkyl halides is 10. The lowest BCUT2D eigenvalue weighted by Gasteiger charge is -2.27. The summed E-state index contributed by atoms with van der Waals surface area (Å²) < 4.78 is 127. The molecule has 1 aromatic rings. The van der Waals surface area contributed by atoms with E-state index >= 15 is 0 Å². The summed E-state index contributed by atoms with van der Waals surface area (Å²) in [4.78, 5) is 11.3. The van der Waals surface area contributed by atoms with Gasteiger partial charge in [0.1, 0.15) is 0 Å². The lowest BCUT2D eigenvalue weighted by Crippen LogP contribution is -2.54. The van der Waals surface area contributed by atoms with Crippen molar-refractivity contribution in [3.8, 4) is 0 Å². The molecule has 0 N–H and O–H groups in total. The number of halogens is 10. The lowest BCUT2D eigenvalue weighted by atomic mass is 10.1. The molecular formula is C12H6F10O2. The van der Waals surface area contributed by atoms with Gasteiger partial charge in [-0.2, -0.15) is 43.9 Å². The van der Waals surface area contributed by atoms with Gasteiger partial charge in [-0.25, -0.2) is 4.79 Å². The summed E-state index contributed by atoms with van der Waals surface area (Å²) in [7, 11) is 0. The van der Waals surface area contributed by atoms with Crippen molar-refractivity contribution in [3.63, 3.8) is 0 Å². The number of esters is 1. The van der Waals surface area contributed by atoms with Crippen molar-refractivity contribution in [1.29, 1.82) is 0 Å². The number of ether oxygens (including phenoxy) is 1. The predicted octanol–water partition coefficient (Wildman–Crippen LogP) is 4.70. The van der Waals surface area contributed by atoms with Gasteiger partial charge in [-0.3, -0.25) is 0 Å². The Morgan fingerprint density at radius 2 is 1.29 bits per heavy atom. The van der Waals surface area contributed by atoms with Crippen LogP contribution in [-0.2, 0) is 10.9 Å². The van der Waals surface area contributed by atoms with E-state index in [2.05, 4.69) is 4.74 Å². The summed E-state index contributed by atoms with van der Waals surface area (Å²) in [6.07, 6.45) is -11.3. The number of hydrogen-bond donors (Lipinski definition) is 0. The fraction of sp³-hybridized carbons (Fsp3) is 0.417. The summed E-state index contributed by atoms with van der Waals surface area (Å²) in [6, 6.07) is 1.73. The standard InChI is InChI=1S/C12H6F10O2/c13-9(14,11(18,19)12(20,21)22)5-24-8(23)6-1-3-7(4-2-6)10(15,16)17/h1-4H,5H2. The quantitative estimate of drug-likeness (QED) is 0.566. The van der Waals surface area contributed by atoms with E-state index in [1.807, 2.05) is 0 Å². The van der Waals surface area contributed by atoms with E-state index < -0.39 is 47.9 Å². The molecular weight excluding hydrogens is 366 g/mol. The van der Waals surface area contributed by atoms with Crippen molar-refractivity contribution in [3.05, 3.63) is 35.4 Å². The van der Waals surface area contributed by atoms with Crippen LogP contribution in [0.5, 0.6) is 0 Å². The number of carbonyl (C=O) groups is 1. The molecule has 0 aromatic heterocycles. The van der Waals surface area contributed by atoms with Crippen LogP contribution >= 0.6 is 0 Å². The first kappa shape index (κ1) is 20.0. The molecule has 0 spiro atoms. The Hall–Kier alpha value is -2.01. The highest BCUT2D eigenvalue weighted by Crippen LogP contribution is 2.46. The van der Waals surface area contributed by atoms with Crippen LogP contribution in [0.15, 0.2) is 24.3 Å². The largest absolute Gasteiger partial charge is 0.460 e. The maximum Gasteiger partial charge on any atom is 0.460 e. The average molecular weight is 372 g/mol. The third-order valence-electron chi connectivity index (χ3n) is 2.65. The second-order valence-electron chi connectivity index (χ2n) is 4.43. The zero-order valence-electron chi connectivity index (χ0n) is 11.1. The van der Waals surface area contributed by atoms with Crippen LogP contribution < -0.4 is 0 Å². The van der Waals surface area contributed by atoms with Gasteiger partial charge in [-0.1, -0.05) is 0 Å². The van der Waals surface area contributed by atoms with Crippen LogP contribution in [0, 0.1) is 0 Å². The summed E-state index contributed by atoms with van der Waals surface area (Å²) in [6.45, 7) is -2.61. The molecule has 12 heteroatoms. The molecule has 0 aliphatic rings. The van der Waals surface area contributed by atoms with Crippen molar-refractivity contribution in [2.75, 3.05) is 6.61 Å². The van der Waals surface area contributed by atoms with Crippen molar-refractivity contribution in [2.24, 2.45) is 0 Å². The van der Waals surface area contributed by atoms with Crippen molar-refractivity contribution >= 4 is 5.97 Å². The van der Waals surface area contributed by atoms with E-state index in [0.29, 0.717) is 24.3 Å². The second kappa shape index (κ2) is 6.13. The Labute approximate surface area is 127 Å². The molecule has 0 fully saturated rings. The first-order valence-electron chi connectivity index (χ1n) is 5.76. The predicted molar refractivity (Wildman–Crippen MR) is 57.7 cm³/mol. The highest BCUT2D eigenvalue weighted by molar-refractivity contribution is 5.89. The molecule has 0 saturated heterocycles. The molecule has 1 aromatic carbocycles. The third kappa shape index (κ3) is 4.09. The smallest absolute Gasteiger partial charge is 0.455 e. The van der Waals surface area contributed by atoms with Gasteiger partial charge in [-0.05, 0) is 24.3 Å². The maximum absolute atomic E-state index is 12.9. The van der Waals surface area contributed by atoms with E-state index in [0.717, 1.165) is 0 Å². The zero-order valence-corrected chi connectivity index (χ0v) is 11.1. The molecule has 0 aliphatic carbocycles. The van der Waals surface area contributed by atoms with Gasteiger partial charge >= 0.3 is 30.2 Å². The fourth-order valence-electron chi connectivity index (χ4n) is 1.33. The molecule has 0 aliphatic heterocycles. The third-order valence-corrected chi connectivity index (χ3v) is 2.65.